The van der Waals surface area contributed by atoms with Crippen molar-refractivity contribution in [1.82, 2.24) is 0 Å². The van der Waals surface area contributed by atoms with E-state index in [-0.39, 0.29) is 23.5 Å². The van der Waals surface area contributed by atoms with E-state index in [1.54, 1.807) is 0 Å². The second-order valence-corrected chi connectivity index (χ2v) is 19.3. The summed E-state index contributed by atoms with van der Waals surface area (Å²) in [5, 5.41) is 1.12. The van der Waals surface area contributed by atoms with Crippen LogP contribution in [-0.4, -0.2) is 33.1 Å². The summed E-state index contributed by atoms with van der Waals surface area (Å²) < 4.78 is 32.6. The van der Waals surface area contributed by atoms with Crippen LogP contribution < -0.4 is 45.3 Å². The van der Waals surface area contributed by atoms with Crippen LogP contribution in [0.4, 0.5) is 34.1 Å². The molecule has 5 heterocycles. The van der Waals surface area contributed by atoms with Crippen LogP contribution >= 0.6 is 0 Å². The third kappa shape index (κ3) is 6.07. The van der Waals surface area contributed by atoms with Gasteiger partial charge in [-0.15, -0.1) is 0 Å². The lowest BCUT2D eigenvalue weighted by atomic mass is 9.35. The van der Waals surface area contributed by atoms with E-state index in [1.807, 2.05) is 0 Å². The van der Waals surface area contributed by atoms with Gasteiger partial charge >= 0.3 is 0 Å². The molecule has 0 spiro atoms. The molecule has 10 rings (SSSR count). The van der Waals surface area contributed by atoms with E-state index < -0.39 is 0 Å². The molecule has 59 heavy (non-hydrogen) atoms. The molecule has 0 radical (unpaired) electrons. The molecule has 5 aromatic carbocycles. The third-order valence-corrected chi connectivity index (χ3v) is 12.7. The Kier molecular flexibility index (Phi) is 8.65. The fraction of sp³-hybridized carbons (Fsp3) is 0.373. The van der Waals surface area contributed by atoms with E-state index in [1.165, 1.54) is 44.7 Å². The molecule has 8 heteroatoms. The number of benzene rings is 5. The van der Waals surface area contributed by atoms with Crippen LogP contribution in [0.15, 0.2) is 77.2 Å². The van der Waals surface area contributed by atoms with Crippen molar-refractivity contribution in [3.8, 4) is 23.0 Å². The molecule has 0 aliphatic carbocycles. The second kappa shape index (κ2) is 13.5. The van der Waals surface area contributed by atoms with E-state index in [2.05, 4.69) is 152 Å². The monoisotopic (exact) mass is 786 g/mol. The van der Waals surface area contributed by atoms with Crippen molar-refractivity contribution in [2.45, 2.75) is 98.8 Å². The summed E-state index contributed by atoms with van der Waals surface area (Å²) >= 11 is 0. The molecule has 0 saturated carbocycles. The minimum atomic E-state index is -0.226. The smallest absolute Gasteiger partial charge is 0.297 e. The second-order valence-electron chi connectivity index (χ2n) is 19.3. The van der Waals surface area contributed by atoms with Crippen LogP contribution in [0, 0.1) is 13.8 Å². The number of hydrogen-bond donors (Lipinski definition) is 0. The average Bonchev–Trinajstić information content (AvgIpc) is 3.30. The molecule has 6 aromatic rings. The van der Waals surface area contributed by atoms with E-state index in [9.17, 15) is 0 Å². The van der Waals surface area contributed by atoms with E-state index in [0.29, 0.717) is 26.4 Å². The van der Waals surface area contributed by atoms with Gasteiger partial charge in [-0.25, -0.2) is 0 Å². The molecular formula is C51H55BN2O5. The van der Waals surface area contributed by atoms with Crippen molar-refractivity contribution in [1.29, 1.82) is 0 Å². The average molecular weight is 787 g/mol. The number of ether oxygens (including phenoxy) is 4. The Morgan fingerprint density at radius 2 is 1.17 bits per heavy atom. The lowest BCUT2D eigenvalue weighted by Crippen LogP contribution is -2.61. The molecule has 0 bridgehead atoms. The zero-order valence-electron chi connectivity index (χ0n) is 36.3. The van der Waals surface area contributed by atoms with E-state index in [4.69, 9.17) is 23.4 Å². The van der Waals surface area contributed by atoms with Crippen molar-refractivity contribution in [2.75, 3.05) is 36.2 Å². The molecule has 0 fully saturated rings. The van der Waals surface area contributed by atoms with Crippen LogP contribution in [0.25, 0.3) is 11.0 Å². The first-order valence-corrected chi connectivity index (χ1v) is 21.5. The number of nitrogens with zero attached hydrogens (tertiary/aromatic N) is 2. The molecular weight excluding hydrogens is 731 g/mol. The normalized spacial score (nSPS) is 15.8. The van der Waals surface area contributed by atoms with Gasteiger partial charge in [0.05, 0.1) is 49.1 Å². The highest BCUT2D eigenvalue weighted by atomic mass is 16.5. The Bertz CT molecular complexity index is 2660. The predicted octanol–water partition coefficient (Wildman–Crippen LogP) is 11.2. The molecule has 0 unspecified atom stereocenters. The minimum Gasteiger partial charge on any atom is -0.490 e. The van der Waals surface area contributed by atoms with Gasteiger partial charge in [-0.05, 0) is 112 Å². The third-order valence-electron chi connectivity index (χ3n) is 12.7. The Labute approximate surface area is 349 Å². The topological polar surface area (TPSA) is 56.5 Å². The van der Waals surface area contributed by atoms with Gasteiger partial charge in [-0.1, -0.05) is 73.6 Å². The zero-order chi connectivity index (χ0) is 41.1. The molecule has 4 aliphatic rings. The first-order valence-electron chi connectivity index (χ1n) is 21.5. The summed E-state index contributed by atoms with van der Waals surface area (Å²) in [5.41, 5.74) is 17.0. The van der Waals surface area contributed by atoms with Gasteiger partial charge < -0.3 is 33.2 Å². The molecule has 0 atom stereocenters. The van der Waals surface area contributed by atoms with Crippen molar-refractivity contribution >= 4 is 68.4 Å². The lowest BCUT2D eigenvalue weighted by Gasteiger charge is -2.44. The highest BCUT2D eigenvalue weighted by molar-refractivity contribution is 7.00. The SMILES string of the molecule is Cc1cc(C(C)(C)C)cc(C)c1N1c2cc(C(C)C)cc3c2B(c2cc4c(cc2N3c2ccc3c(c2)OCCCO3)OCCCO4)c2oc3ccc(C(C)(C)C)cc3c21. The maximum Gasteiger partial charge on any atom is 0.297 e. The summed E-state index contributed by atoms with van der Waals surface area (Å²) in [6, 6.07) is 27.2. The van der Waals surface area contributed by atoms with Gasteiger partial charge in [-0.3, -0.25) is 0 Å². The van der Waals surface area contributed by atoms with Gasteiger partial charge in [0.15, 0.2) is 23.0 Å². The minimum absolute atomic E-state index is 0.00351. The summed E-state index contributed by atoms with van der Waals surface area (Å²) in [6.45, 7) is 25.1. The molecule has 7 nitrogen and oxygen atoms in total. The molecule has 4 aliphatic heterocycles. The Hall–Kier alpha value is -5.50. The van der Waals surface area contributed by atoms with Crippen molar-refractivity contribution < 1.29 is 23.4 Å². The summed E-state index contributed by atoms with van der Waals surface area (Å²) in [6.07, 6.45) is 1.66. The zero-order valence-corrected chi connectivity index (χ0v) is 36.3. The van der Waals surface area contributed by atoms with Gasteiger partial charge in [-0.2, -0.15) is 0 Å². The Balaban J connectivity index is 1.34. The fourth-order valence-electron chi connectivity index (χ4n) is 9.50. The summed E-state index contributed by atoms with van der Waals surface area (Å²) in [5.74, 6) is 3.31. The maximum atomic E-state index is 7.28. The number of rotatable bonds is 3. The Morgan fingerprint density at radius 3 is 1.80 bits per heavy atom. The molecule has 0 saturated heterocycles. The van der Waals surface area contributed by atoms with E-state index >= 15 is 0 Å². The predicted molar refractivity (Wildman–Crippen MR) is 242 cm³/mol. The van der Waals surface area contributed by atoms with Crippen LogP contribution in [-0.2, 0) is 10.8 Å². The number of furan rings is 1. The van der Waals surface area contributed by atoms with E-state index in [0.717, 1.165) is 80.7 Å². The number of aryl methyl sites for hydroxylation is 2. The van der Waals surface area contributed by atoms with Gasteiger partial charge in [0.2, 0.25) is 0 Å². The van der Waals surface area contributed by atoms with Crippen LogP contribution in [0.1, 0.15) is 102 Å². The first kappa shape index (κ1) is 37.8. The fourth-order valence-corrected chi connectivity index (χ4v) is 9.50. The molecule has 302 valence electrons. The highest BCUT2D eigenvalue weighted by Crippen LogP contribution is 2.51. The van der Waals surface area contributed by atoms with Crippen LogP contribution in [0.5, 0.6) is 23.0 Å². The lowest BCUT2D eigenvalue weighted by molar-refractivity contribution is 0.296. The molecule has 0 amide bonds. The number of anilines is 6. The maximum absolute atomic E-state index is 7.28. The van der Waals surface area contributed by atoms with Gasteiger partial charge in [0.25, 0.3) is 6.71 Å². The largest absolute Gasteiger partial charge is 0.490 e. The standard InChI is InChI=1S/C51H55BN2O5/c1-29(2)32-23-39-46-40(24-32)54(47-30(3)21-34(22-31(47)4)51(8,9)10)48-36-25-33(50(5,6)7)13-15-41(36)59-49(48)52(46)37-27-44-45(58-20-12-19-57-44)28-38(37)53(39)35-14-16-42-43(26-35)56-18-11-17-55-42/h13-16,21-29H,11-12,17-20H2,1-10H3. The molecule has 1 aromatic heterocycles. The summed E-state index contributed by atoms with van der Waals surface area (Å²) in [4.78, 5) is 4.96. The number of fused-ring (bicyclic) bond motifs is 8. The van der Waals surface area contributed by atoms with Crippen LogP contribution in [0.3, 0.4) is 0 Å². The quantitative estimate of drug-likeness (QED) is 0.165. The van der Waals surface area contributed by atoms with Gasteiger partial charge in [0.1, 0.15) is 5.58 Å². The van der Waals surface area contributed by atoms with Gasteiger partial charge in [0, 0.05) is 47.4 Å². The van der Waals surface area contributed by atoms with Crippen LogP contribution in [0.2, 0.25) is 0 Å². The molecule has 0 N–H and O–H groups in total. The highest BCUT2D eigenvalue weighted by Gasteiger charge is 2.48. The summed E-state index contributed by atoms with van der Waals surface area (Å²) in [7, 11) is 0. The van der Waals surface area contributed by atoms with Crippen molar-refractivity contribution in [3.63, 3.8) is 0 Å². The number of hydrogen-bond acceptors (Lipinski definition) is 7. The Morgan fingerprint density at radius 1 is 0.576 bits per heavy atom. The van der Waals surface area contributed by atoms with Crippen molar-refractivity contribution in [2.24, 2.45) is 0 Å². The first-order chi connectivity index (χ1) is 28.2. The van der Waals surface area contributed by atoms with Crippen molar-refractivity contribution in [3.05, 3.63) is 101 Å².